The number of benzene rings is 3. The summed E-state index contributed by atoms with van der Waals surface area (Å²) >= 11 is 1.59. The van der Waals surface area contributed by atoms with Crippen LogP contribution in [0, 0.1) is 0 Å². The molecule has 3 aromatic carbocycles. The van der Waals surface area contributed by atoms with Crippen molar-refractivity contribution in [2.75, 3.05) is 29.5 Å². The quantitative estimate of drug-likeness (QED) is 0.0375. The largest absolute Gasteiger partial charge is 1.00 e. The van der Waals surface area contributed by atoms with Gasteiger partial charge in [0.2, 0.25) is 5.69 Å². The summed E-state index contributed by atoms with van der Waals surface area (Å²) in [7, 11) is -13.5. The number of hydrogen-bond donors (Lipinski definition) is 0. The van der Waals surface area contributed by atoms with Gasteiger partial charge in [0.15, 0.2) is 5.71 Å². The zero-order chi connectivity index (χ0) is 46.0. The SMILES string of the molecule is CC([O-])=Nc1ccc(SC2=C(/C=C/C3=[N+](CCCCS(=O)(=O)[O-])c4ccccc4C3(C)C)CCC/C2=C\C=C2/N(CCCCS(=O)(=O)[O-])c3ccc(S(=O)(=O)[O-])cc3C2(C)C)cc1.[Na+].[Na+].[Na+]. The summed E-state index contributed by atoms with van der Waals surface area (Å²) in [6, 6.07) is 19.8. The molecule has 3 aliphatic rings. The molecule has 1 aliphatic carbocycles. The summed E-state index contributed by atoms with van der Waals surface area (Å²) in [4.78, 5) is 7.65. The van der Waals surface area contributed by atoms with E-state index in [-0.39, 0.29) is 112 Å². The van der Waals surface area contributed by atoms with Crippen LogP contribution in [-0.4, -0.2) is 79.7 Å². The topological polar surface area (TPSA) is 213 Å². The minimum absolute atomic E-state index is 0. The molecule has 0 fully saturated rings. The number of aliphatic imine (C=N–C) groups is 1. The Balaban J connectivity index is 0.00000385. The van der Waals surface area contributed by atoms with E-state index in [1.807, 2.05) is 49.1 Å². The standard InChI is InChI=1S/C46H55N3O10S4.3Na/c1-32(50)47-35-19-21-36(22-20-35)60-44-33(17-25-42-45(2,3)38-15-6-7-16-40(38)48(42)27-8-10-29-61(51,52)53)13-12-14-34(44)18-26-43-46(4,5)39-31-37(63(57,58)59)23-24-41(39)49(43)28-9-11-30-62(54,55)56;;;/h6-7,15-26,31H,8-14,27-30H2,1-5H3,(H3-,47,50,51,52,53,54,55,56,57,58,59);;;/q;3*+1/p-3. The molecule has 0 atom stereocenters. The minimum atomic E-state index is -4.76. The van der Waals surface area contributed by atoms with Crippen molar-refractivity contribution in [3.05, 3.63) is 124 Å². The number of thioether (sulfide) groups is 1. The molecule has 0 aromatic heterocycles. The molecule has 66 heavy (non-hydrogen) atoms. The Bertz CT molecular complexity index is 2800. The van der Waals surface area contributed by atoms with Gasteiger partial charge in [0.1, 0.15) is 16.7 Å². The van der Waals surface area contributed by atoms with Crippen LogP contribution < -0.4 is 98.7 Å². The van der Waals surface area contributed by atoms with E-state index in [0.29, 0.717) is 42.9 Å². The Morgan fingerprint density at radius 3 is 2.03 bits per heavy atom. The van der Waals surface area contributed by atoms with Gasteiger partial charge < -0.3 is 23.7 Å². The molecule has 0 N–H and O–H groups in total. The Labute approximate surface area is 461 Å². The zero-order valence-corrected chi connectivity index (χ0v) is 48.3. The van der Waals surface area contributed by atoms with Crippen molar-refractivity contribution in [3.63, 3.8) is 0 Å². The van der Waals surface area contributed by atoms with Crippen LogP contribution in [0.2, 0.25) is 0 Å². The van der Waals surface area contributed by atoms with E-state index in [9.17, 15) is 44.0 Å². The Morgan fingerprint density at radius 2 is 1.41 bits per heavy atom. The summed E-state index contributed by atoms with van der Waals surface area (Å²) in [5.74, 6) is -1.23. The van der Waals surface area contributed by atoms with Crippen molar-refractivity contribution in [3.8, 4) is 0 Å². The van der Waals surface area contributed by atoms with E-state index in [1.165, 1.54) is 19.1 Å². The van der Waals surface area contributed by atoms with Gasteiger partial charge in [-0.3, -0.25) is 4.99 Å². The molecule has 0 spiro atoms. The fourth-order valence-corrected chi connectivity index (χ4v) is 11.4. The maximum atomic E-state index is 12.1. The molecule has 0 amide bonds. The molecule has 0 saturated heterocycles. The van der Waals surface area contributed by atoms with Crippen molar-refractivity contribution in [1.29, 1.82) is 0 Å². The third kappa shape index (κ3) is 14.8. The van der Waals surface area contributed by atoms with Crippen molar-refractivity contribution >= 4 is 70.8 Å². The maximum Gasteiger partial charge on any atom is 1.00 e. The van der Waals surface area contributed by atoms with Gasteiger partial charge in [-0.05, 0) is 130 Å². The molecular weight excluding hydrogens is 952 g/mol. The van der Waals surface area contributed by atoms with E-state index in [2.05, 4.69) is 53.8 Å². The normalized spacial score (nSPS) is 18.3. The predicted molar refractivity (Wildman–Crippen MR) is 243 cm³/mol. The number of para-hydroxylation sites is 1. The average Bonchev–Trinajstić information content (AvgIpc) is 3.54. The van der Waals surface area contributed by atoms with Crippen LogP contribution in [-0.2, 0) is 41.2 Å². The molecule has 2 heterocycles. The van der Waals surface area contributed by atoms with Gasteiger partial charge in [-0.25, -0.2) is 25.3 Å². The van der Waals surface area contributed by atoms with Crippen LogP contribution in [0.15, 0.2) is 128 Å². The predicted octanol–water partition coefficient (Wildman–Crippen LogP) is -1.57. The van der Waals surface area contributed by atoms with Gasteiger partial charge in [0.25, 0.3) is 0 Å². The number of rotatable bonds is 17. The molecular formula is C46H52N3Na3O10S4. The first-order valence-corrected chi connectivity index (χ1v) is 26.2. The van der Waals surface area contributed by atoms with Crippen LogP contribution in [0.25, 0.3) is 0 Å². The Kier molecular flexibility index (Phi) is 21.6. The number of allylic oxidation sites excluding steroid dienone is 7. The Hall–Kier alpha value is -1.36. The van der Waals surface area contributed by atoms with Gasteiger partial charge >= 0.3 is 88.7 Å². The fraction of sp³-hybridized carbons (Fsp3) is 0.391. The average molecular weight is 1000 g/mol. The van der Waals surface area contributed by atoms with Crippen LogP contribution in [0.1, 0.15) is 90.7 Å². The van der Waals surface area contributed by atoms with E-state index >= 15 is 0 Å². The molecule has 13 nitrogen and oxygen atoms in total. The molecule has 2 aliphatic heterocycles. The van der Waals surface area contributed by atoms with Crippen LogP contribution in [0.5, 0.6) is 0 Å². The zero-order valence-electron chi connectivity index (χ0n) is 39.0. The first-order valence-electron chi connectivity index (χ1n) is 20.8. The monoisotopic (exact) mass is 1000 g/mol. The summed E-state index contributed by atoms with van der Waals surface area (Å²) in [5.41, 5.74) is 6.82. The molecule has 0 saturated carbocycles. The number of hydrogen-bond acceptors (Lipinski definition) is 13. The van der Waals surface area contributed by atoms with E-state index in [4.69, 9.17) is 0 Å². The molecule has 6 rings (SSSR count). The molecule has 0 unspecified atom stereocenters. The summed E-state index contributed by atoms with van der Waals surface area (Å²) in [5, 5.41) is 11.7. The summed E-state index contributed by atoms with van der Waals surface area (Å²) in [6.45, 7) is 10.5. The van der Waals surface area contributed by atoms with Crippen LogP contribution >= 0.6 is 11.8 Å². The number of unbranched alkanes of at least 4 members (excludes halogenated alkanes) is 2. The van der Waals surface area contributed by atoms with Crippen molar-refractivity contribution < 1.29 is 137 Å². The van der Waals surface area contributed by atoms with E-state index in [0.717, 1.165) is 62.9 Å². The van der Waals surface area contributed by atoms with Crippen LogP contribution in [0.3, 0.4) is 0 Å². The second-order valence-electron chi connectivity index (χ2n) is 17.0. The van der Waals surface area contributed by atoms with Gasteiger partial charge in [-0.2, -0.15) is 4.58 Å². The summed E-state index contributed by atoms with van der Waals surface area (Å²) < 4.78 is 107. The first-order chi connectivity index (χ1) is 29.5. The minimum Gasteiger partial charge on any atom is -0.862 e. The van der Waals surface area contributed by atoms with Gasteiger partial charge in [0.05, 0.1) is 36.2 Å². The van der Waals surface area contributed by atoms with Crippen molar-refractivity contribution in [2.24, 2.45) is 4.99 Å². The third-order valence-electron chi connectivity index (χ3n) is 11.7. The molecule has 3 aromatic rings. The van der Waals surface area contributed by atoms with Gasteiger partial charge in [0, 0.05) is 68.8 Å². The molecule has 0 radical (unpaired) electrons. The third-order valence-corrected chi connectivity index (χ3v) is 15.4. The van der Waals surface area contributed by atoms with E-state index < -0.39 is 52.7 Å². The number of nitrogens with zero attached hydrogens (tertiary/aromatic N) is 3. The van der Waals surface area contributed by atoms with Crippen LogP contribution in [0.4, 0.5) is 17.1 Å². The maximum absolute atomic E-state index is 12.1. The second kappa shape index (κ2) is 24.2. The number of anilines is 1. The van der Waals surface area contributed by atoms with E-state index in [1.54, 1.807) is 30.0 Å². The van der Waals surface area contributed by atoms with Crippen molar-refractivity contribution in [1.82, 2.24) is 0 Å². The first kappa shape index (κ1) is 59.0. The molecule has 338 valence electrons. The molecule has 20 heteroatoms. The second-order valence-corrected chi connectivity index (χ2v) is 22.5. The molecule has 0 bridgehead atoms. The number of fused-ring (bicyclic) bond motifs is 2. The van der Waals surface area contributed by atoms with Gasteiger partial charge in [-0.1, -0.05) is 56.0 Å². The Morgan fingerprint density at radius 1 is 0.773 bits per heavy atom. The van der Waals surface area contributed by atoms with Gasteiger partial charge in [-0.15, -0.1) is 0 Å². The summed E-state index contributed by atoms with van der Waals surface area (Å²) in [6.07, 6.45) is 11.9. The fourth-order valence-electron chi connectivity index (χ4n) is 8.63. The smallest absolute Gasteiger partial charge is 0.862 e. The van der Waals surface area contributed by atoms with Crippen molar-refractivity contribution in [2.45, 2.75) is 100 Å².